The zero-order valence-corrected chi connectivity index (χ0v) is 8.97. The van der Waals surface area contributed by atoms with E-state index in [-0.39, 0.29) is 0 Å². The molecule has 3 heteroatoms. The molecule has 0 aromatic carbocycles. The largest absolute Gasteiger partial charge is 0.387 e. The van der Waals surface area contributed by atoms with Gasteiger partial charge in [-0.25, -0.2) is 0 Å². The molecule has 0 saturated carbocycles. The van der Waals surface area contributed by atoms with Crippen LogP contribution in [-0.4, -0.2) is 15.1 Å². The monoisotopic (exact) mass is 206 g/mol. The fourth-order valence-electron chi connectivity index (χ4n) is 1.43. The van der Waals surface area contributed by atoms with Crippen molar-refractivity contribution in [2.45, 2.75) is 38.2 Å². The Balaban J connectivity index is 2.19. The molecule has 1 atom stereocenters. The van der Waals surface area contributed by atoms with Crippen LogP contribution in [0.2, 0.25) is 0 Å². The lowest BCUT2D eigenvalue weighted by molar-refractivity contribution is 0.158. The van der Waals surface area contributed by atoms with Gasteiger partial charge in [0.05, 0.1) is 18.0 Å². The fourth-order valence-corrected chi connectivity index (χ4v) is 1.43. The summed E-state index contributed by atoms with van der Waals surface area (Å²) in [6, 6.07) is 0. The zero-order valence-electron chi connectivity index (χ0n) is 8.97. The molecule has 0 radical (unpaired) electrons. The molecule has 1 heterocycles. The smallest absolute Gasteiger partial charge is 0.0975 e. The minimum atomic E-state index is -0.470. The van der Waals surface area contributed by atoms with Crippen LogP contribution in [0.25, 0.3) is 0 Å². The average molecular weight is 206 g/mol. The molecule has 1 unspecified atom stereocenters. The van der Waals surface area contributed by atoms with Crippen LogP contribution in [0, 0.1) is 0 Å². The molecule has 0 spiro atoms. The van der Waals surface area contributed by atoms with E-state index in [0.29, 0.717) is 5.69 Å². The van der Waals surface area contributed by atoms with E-state index < -0.39 is 6.10 Å². The lowest BCUT2D eigenvalue weighted by atomic mass is 10.1. The third-order valence-corrected chi connectivity index (χ3v) is 2.31. The first-order chi connectivity index (χ1) is 7.34. The van der Waals surface area contributed by atoms with Crippen LogP contribution in [-0.2, 0) is 0 Å². The second-order valence-electron chi connectivity index (χ2n) is 3.57. The van der Waals surface area contributed by atoms with Crippen LogP contribution in [0.15, 0.2) is 31.2 Å². The molecule has 0 amide bonds. The first-order valence-corrected chi connectivity index (χ1v) is 5.39. The lowest BCUT2D eigenvalue weighted by Gasteiger charge is -2.08. The van der Waals surface area contributed by atoms with Crippen molar-refractivity contribution in [1.82, 2.24) is 9.97 Å². The number of rotatable bonds is 7. The Bertz CT molecular complexity index is 274. The fraction of sp³-hybridized carbons (Fsp3) is 0.500. The van der Waals surface area contributed by atoms with Gasteiger partial charge in [0.25, 0.3) is 0 Å². The Hall–Kier alpha value is -1.22. The maximum atomic E-state index is 9.75. The third-order valence-electron chi connectivity index (χ3n) is 2.31. The Morgan fingerprint density at radius 3 is 2.87 bits per heavy atom. The average Bonchev–Trinajstić information content (AvgIpc) is 2.30. The van der Waals surface area contributed by atoms with Gasteiger partial charge < -0.3 is 5.11 Å². The van der Waals surface area contributed by atoms with Crippen LogP contribution in [0.5, 0.6) is 0 Å². The van der Waals surface area contributed by atoms with Gasteiger partial charge in [0.2, 0.25) is 0 Å². The molecule has 3 nitrogen and oxygen atoms in total. The number of hydrogen-bond donors (Lipinski definition) is 1. The van der Waals surface area contributed by atoms with E-state index in [4.69, 9.17) is 0 Å². The number of nitrogens with zero attached hydrogens (tertiary/aromatic N) is 2. The van der Waals surface area contributed by atoms with Crippen molar-refractivity contribution in [3.8, 4) is 0 Å². The Morgan fingerprint density at radius 2 is 2.20 bits per heavy atom. The highest BCUT2D eigenvalue weighted by Gasteiger charge is 2.07. The standard InChI is InChI=1S/C12H18N2O/c1-2-3-4-5-6-7-12(15)11-10-13-8-9-14-11/h2,8-10,12,15H,1,3-7H2. The minimum absolute atomic E-state index is 0.470. The lowest BCUT2D eigenvalue weighted by Crippen LogP contribution is -2.00. The van der Waals surface area contributed by atoms with E-state index in [1.165, 1.54) is 0 Å². The second kappa shape index (κ2) is 7.12. The molecule has 0 saturated heterocycles. The summed E-state index contributed by atoms with van der Waals surface area (Å²) < 4.78 is 0. The van der Waals surface area contributed by atoms with E-state index >= 15 is 0 Å². The van der Waals surface area contributed by atoms with Gasteiger partial charge in [-0.05, 0) is 19.3 Å². The van der Waals surface area contributed by atoms with Gasteiger partial charge in [0, 0.05) is 12.4 Å². The predicted molar refractivity (Wildman–Crippen MR) is 60.3 cm³/mol. The molecule has 0 aliphatic rings. The molecule has 0 fully saturated rings. The zero-order chi connectivity index (χ0) is 10.9. The summed E-state index contributed by atoms with van der Waals surface area (Å²) in [5.74, 6) is 0. The van der Waals surface area contributed by atoms with Crippen molar-refractivity contribution in [3.05, 3.63) is 36.9 Å². The van der Waals surface area contributed by atoms with Gasteiger partial charge in [-0.3, -0.25) is 9.97 Å². The van der Waals surface area contributed by atoms with Gasteiger partial charge in [0.1, 0.15) is 0 Å². The summed E-state index contributed by atoms with van der Waals surface area (Å²) in [7, 11) is 0. The van der Waals surface area contributed by atoms with Crippen LogP contribution in [0.4, 0.5) is 0 Å². The van der Waals surface area contributed by atoms with E-state index in [9.17, 15) is 5.11 Å². The van der Waals surface area contributed by atoms with Gasteiger partial charge in [-0.15, -0.1) is 6.58 Å². The molecule has 15 heavy (non-hydrogen) atoms. The molecule has 1 rings (SSSR count). The van der Waals surface area contributed by atoms with Crippen LogP contribution in [0.3, 0.4) is 0 Å². The first kappa shape index (κ1) is 11.9. The number of unbranched alkanes of at least 4 members (excludes halogenated alkanes) is 3. The molecule has 1 aromatic rings. The minimum Gasteiger partial charge on any atom is -0.387 e. The highest BCUT2D eigenvalue weighted by Crippen LogP contribution is 2.16. The van der Waals surface area contributed by atoms with E-state index in [1.807, 2.05) is 6.08 Å². The molecule has 82 valence electrons. The summed E-state index contributed by atoms with van der Waals surface area (Å²) in [4.78, 5) is 7.99. The predicted octanol–water partition coefficient (Wildman–Crippen LogP) is 2.65. The first-order valence-electron chi connectivity index (χ1n) is 5.39. The molecule has 0 aliphatic carbocycles. The Labute approximate surface area is 90.9 Å². The van der Waals surface area contributed by atoms with E-state index in [1.54, 1.807) is 18.6 Å². The SMILES string of the molecule is C=CCCCCCC(O)c1cnccn1. The van der Waals surface area contributed by atoms with Gasteiger partial charge >= 0.3 is 0 Å². The van der Waals surface area contributed by atoms with Crippen LogP contribution in [0.1, 0.15) is 43.9 Å². The van der Waals surface area contributed by atoms with Crippen LogP contribution >= 0.6 is 0 Å². The molecule has 1 N–H and O–H groups in total. The quantitative estimate of drug-likeness (QED) is 0.551. The van der Waals surface area contributed by atoms with Crippen molar-refractivity contribution < 1.29 is 5.11 Å². The number of aliphatic hydroxyl groups is 1. The topological polar surface area (TPSA) is 46.0 Å². The van der Waals surface area contributed by atoms with Crippen molar-refractivity contribution in [2.24, 2.45) is 0 Å². The van der Waals surface area contributed by atoms with Crippen molar-refractivity contribution in [3.63, 3.8) is 0 Å². The summed E-state index contributed by atoms with van der Waals surface area (Å²) >= 11 is 0. The summed E-state index contributed by atoms with van der Waals surface area (Å²) in [5, 5.41) is 9.75. The van der Waals surface area contributed by atoms with Crippen molar-refractivity contribution in [2.75, 3.05) is 0 Å². The van der Waals surface area contributed by atoms with Crippen LogP contribution < -0.4 is 0 Å². The highest BCUT2D eigenvalue weighted by molar-refractivity contribution is 4.98. The molecule has 1 aromatic heterocycles. The number of aromatic nitrogens is 2. The third kappa shape index (κ3) is 4.70. The molecular weight excluding hydrogens is 188 g/mol. The summed E-state index contributed by atoms with van der Waals surface area (Å²) in [5.41, 5.74) is 0.668. The Kier molecular flexibility index (Phi) is 5.63. The molecular formula is C12H18N2O. The maximum absolute atomic E-state index is 9.75. The van der Waals surface area contributed by atoms with Crippen molar-refractivity contribution in [1.29, 1.82) is 0 Å². The number of aliphatic hydroxyl groups excluding tert-OH is 1. The summed E-state index contributed by atoms with van der Waals surface area (Å²) in [6.07, 6.45) is 11.4. The number of allylic oxidation sites excluding steroid dienone is 1. The van der Waals surface area contributed by atoms with Crippen molar-refractivity contribution >= 4 is 0 Å². The normalized spacial score (nSPS) is 12.3. The van der Waals surface area contributed by atoms with Gasteiger partial charge in [-0.1, -0.05) is 18.9 Å². The maximum Gasteiger partial charge on any atom is 0.0975 e. The van der Waals surface area contributed by atoms with Gasteiger partial charge in [-0.2, -0.15) is 0 Å². The summed E-state index contributed by atoms with van der Waals surface area (Å²) in [6.45, 7) is 3.67. The highest BCUT2D eigenvalue weighted by atomic mass is 16.3. The Morgan fingerprint density at radius 1 is 1.33 bits per heavy atom. The molecule has 0 bridgehead atoms. The van der Waals surface area contributed by atoms with E-state index in [0.717, 1.165) is 32.1 Å². The number of hydrogen-bond acceptors (Lipinski definition) is 3. The second-order valence-corrected chi connectivity index (χ2v) is 3.57. The van der Waals surface area contributed by atoms with E-state index in [2.05, 4.69) is 16.5 Å². The molecule has 0 aliphatic heterocycles. The van der Waals surface area contributed by atoms with Gasteiger partial charge in [0.15, 0.2) is 0 Å².